The molecule has 0 saturated carbocycles. The zero-order valence-corrected chi connectivity index (χ0v) is 23.0. The first-order valence-corrected chi connectivity index (χ1v) is 16.4. The molecule has 0 spiro atoms. The maximum atomic E-state index is 13.5. The van der Waals surface area contributed by atoms with E-state index in [0.29, 0.717) is 37.3 Å². The third kappa shape index (κ3) is 8.37. The van der Waals surface area contributed by atoms with Crippen LogP contribution in [-0.4, -0.2) is 98.5 Å². The lowest BCUT2D eigenvalue weighted by atomic mass is 10.1. The Kier molecular flexibility index (Phi) is 9.41. The highest BCUT2D eigenvalue weighted by Gasteiger charge is 2.39. The second-order valence-electron chi connectivity index (χ2n) is 10.9. The summed E-state index contributed by atoms with van der Waals surface area (Å²) in [6, 6.07) is 5.98. The van der Waals surface area contributed by atoms with Gasteiger partial charge in [-0.05, 0) is 43.5 Å². The van der Waals surface area contributed by atoms with Crippen molar-refractivity contribution in [3.05, 3.63) is 29.8 Å². The first kappa shape index (κ1) is 28.3. The molecule has 12 heteroatoms. The molecule has 0 aliphatic carbocycles. The summed E-state index contributed by atoms with van der Waals surface area (Å²) < 4.78 is 11.3. The van der Waals surface area contributed by atoms with E-state index in [1.54, 1.807) is 41.1 Å². The number of nitrogens with zero attached hydrogens (tertiary/aromatic N) is 2. The maximum absolute atomic E-state index is 13.5. The predicted octanol–water partition coefficient (Wildman–Crippen LogP) is 2.60. The van der Waals surface area contributed by atoms with Crippen molar-refractivity contribution in [1.29, 1.82) is 0 Å². The first-order chi connectivity index (χ1) is 17.4. The number of alkyl carbamates (subject to hydrolysis) is 1. The fourth-order valence-electron chi connectivity index (χ4n) is 4.48. The van der Waals surface area contributed by atoms with Gasteiger partial charge in [-0.25, -0.2) is 9.59 Å². The van der Waals surface area contributed by atoms with Crippen LogP contribution in [0.1, 0.15) is 29.6 Å². The molecule has 2 aliphatic rings. The number of hydrogen-bond acceptors (Lipinski definition) is 6. The number of nitrogens with one attached hydrogen (secondary N) is 2. The monoisotopic (exact) mass is 534 g/mol. The third-order valence-corrected chi connectivity index (χ3v) is 8.26. The number of fused-ring (bicyclic) bond motifs is 3. The molecule has 37 heavy (non-hydrogen) atoms. The minimum Gasteiger partial charge on any atom is -0.491 e. The number of carbonyl (C=O) groups excluding carboxylic acids is 3. The van der Waals surface area contributed by atoms with Crippen molar-refractivity contribution in [3.63, 3.8) is 0 Å². The zero-order valence-electron chi connectivity index (χ0n) is 22.0. The third-order valence-electron chi connectivity index (χ3n) is 6.56. The van der Waals surface area contributed by atoms with Crippen LogP contribution in [0.5, 0.6) is 5.75 Å². The molecule has 3 atom stereocenters. The van der Waals surface area contributed by atoms with Crippen molar-refractivity contribution in [2.24, 2.45) is 0 Å². The van der Waals surface area contributed by atoms with Crippen LogP contribution < -0.4 is 15.4 Å². The highest BCUT2D eigenvalue weighted by atomic mass is 28.3. The Balaban J connectivity index is 1.77. The summed E-state index contributed by atoms with van der Waals surface area (Å²) in [5.74, 6) is -0.0748. The van der Waals surface area contributed by atoms with Crippen molar-refractivity contribution in [2.75, 3.05) is 33.4 Å². The van der Waals surface area contributed by atoms with E-state index < -0.39 is 32.3 Å². The Hall–Kier alpha value is -3.28. The largest absolute Gasteiger partial charge is 0.491 e. The second kappa shape index (κ2) is 12.3. The topological polar surface area (TPSA) is 138 Å². The van der Waals surface area contributed by atoms with Gasteiger partial charge in [0.05, 0.1) is 18.7 Å². The molecule has 1 aromatic carbocycles. The molecule has 1 aromatic rings. The van der Waals surface area contributed by atoms with Gasteiger partial charge >= 0.3 is 12.2 Å². The average molecular weight is 535 g/mol. The van der Waals surface area contributed by atoms with Gasteiger partial charge in [0.15, 0.2) is 0 Å². The van der Waals surface area contributed by atoms with Crippen LogP contribution in [0.15, 0.2) is 24.3 Å². The number of hydrogen-bond donors (Lipinski definition) is 3. The van der Waals surface area contributed by atoms with E-state index in [4.69, 9.17) is 9.47 Å². The molecule has 1 fully saturated rings. The first-order valence-electron chi connectivity index (χ1n) is 12.6. The molecule has 3 rings (SSSR count). The van der Waals surface area contributed by atoms with Gasteiger partial charge in [-0.1, -0.05) is 25.7 Å². The Morgan fingerprint density at radius 3 is 2.68 bits per heavy atom. The normalized spacial score (nSPS) is 23.0. The lowest BCUT2D eigenvalue weighted by molar-refractivity contribution is -0.135. The smallest absolute Gasteiger partial charge is 0.407 e. The lowest BCUT2D eigenvalue weighted by Crippen LogP contribution is -2.51. The molecule has 2 aliphatic heterocycles. The standard InChI is InChI=1S/C25H38N4O7Si/c1-28-10-6-9-21(27-24(32)33)23(31)29-15-18(26-25(34)35-11-12-37(2,3)4)14-19(29)16-36-20-8-5-7-17(13-20)22(28)30/h5,7-8,13,18-19,21,27H,6,9-12,14-16H2,1-4H3,(H,26,34)(H,32,33)/t18-,19-,21-/m0/s1. The van der Waals surface area contributed by atoms with Gasteiger partial charge in [-0.2, -0.15) is 0 Å². The van der Waals surface area contributed by atoms with E-state index >= 15 is 0 Å². The van der Waals surface area contributed by atoms with Crippen LogP contribution in [0, 0.1) is 0 Å². The second-order valence-corrected chi connectivity index (χ2v) is 16.5. The fraction of sp³-hybridized carbons (Fsp3) is 0.600. The summed E-state index contributed by atoms with van der Waals surface area (Å²) in [4.78, 5) is 53.3. The lowest BCUT2D eigenvalue weighted by Gasteiger charge is -2.29. The molecule has 2 bridgehead atoms. The fourth-order valence-corrected chi connectivity index (χ4v) is 5.19. The highest BCUT2D eigenvalue weighted by molar-refractivity contribution is 6.76. The van der Waals surface area contributed by atoms with Gasteiger partial charge in [-0.3, -0.25) is 9.59 Å². The summed E-state index contributed by atoms with van der Waals surface area (Å²) in [5.41, 5.74) is 0.484. The van der Waals surface area contributed by atoms with E-state index in [1.165, 1.54) is 0 Å². The van der Waals surface area contributed by atoms with Crippen LogP contribution in [0.4, 0.5) is 9.59 Å². The Bertz CT molecular complexity index is 999. The van der Waals surface area contributed by atoms with Gasteiger partial charge in [0.1, 0.15) is 18.4 Å². The predicted molar refractivity (Wildman–Crippen MR) is 140 cm³/mol. The van der Waals surface area contributed by atoms with Crippen LogP contribution in [-0.2, 0) is 9.53 Å². The molecule has 1 saturated heterocycles. The SMILES string of the molecule is CN1CCC[C@H](NC(=O)O)C(=O)N2C[C@@H](NC(=O)OCC[Si](C)(C)C)C[C@H]2COc2cccc(c2)C1=O. The van der Waals surface area contributed by atoms with E-state index in [0.717, 1.165) is 6.04 Å². The summed E-state index contributed by atoms with van der Waals surface area (Å²) >= 11 is 0. The molecular formula is C25H38N4O7Si. The number of amides is 4. The van der Waals surface area contributed by atoms with Crippen LogP contribution in [0.3, 0.4) is 0 Å². The molecular weight excluding hydrogens is 496 g/mol. The zero-order chi connectivity index (χ0) is 27.2. The summed E-state index contributed by atoms with van der Waals surface area (Å²) in [7, 11) is 0.318. The Morgan fingerprint density at radius 2 is 1.97 bits per heavy atom. The number of benzene rings is 1. The molecule has 0 aromatic heterocycles. The van der Waals surface area contributed by atoms with Crippen molar-refractivity contribution in [2.45, 2.75) is 63.1 Å². The van der Waals surface area contributed by atoms with Gasteiger partial charge < -0.3 is 35.0 Å². The van der Waals surface area contributed by atoms with E-state index in [9.17, 15) is 24.3 Å². The maximum Gasteiger partial charge on any atom is 0.407 e. The number of carboxylic acid groups (broad SMARTS) is 1. The van der Waals surface area contributed by atoms with Crippen molar-refractivity contribution >= 4 is 32.1 Å². The molecule has 204 valence electrons. The number of ether oxygens (including phenoxy) is 2. The number of rotatable bonds is 5. The highest BCUT2D eigenvalue weighted by Crippen LogP contribution is 2.23. The van der Waals surface area contributed by atoms with Gasteiger partial charge in [0, 0.05) is 33.8 Å². The molecule has 2 heterocycles. The summed E-state index contributed by atoms with van der Waals surface area (Å²) in [6.45, 7) is 7.64. The minimum absolute atomic E-state index is 0.127. The molecule has 0 radical (unpaired) electrons. The molecule has 4 amide bonds. The van der Waals surface area contributed by atoms with E-state index in [-0.39, 0.29) is 37.4 Å². The van der Waals surface area contributed by atoms with Crippen LogP contribution in [0.25, 0.3) is 0 Å². The van der Waals surface area contributed by atoms with E-state index in [2.05, 4.69) is 30.3 Å². The molecule has 11 nitrogen and oxygen atoms in total. The van der Waals surface area contributed by atoms with Crippen molar-refractivity contribution < 1.29 is 33.8 Å². The molecule has 0 unspecified atom stereocenters. The van der Waals surface area contributed by atoms with Gasteiger partial charge in [0.2, 0.25) is 5.91 Å². The Morgan fingerprint density at radius 1 is 1.22 bits per heavy atom. The molecule has 3 N–H and O–H groups in total. The summed E-state index contributed by atoms with van der Waals surface area (Å²) in [6.07, 6.45) is -0.748. The Labute approximate surface area is 218 Å². The van der Waals surface area contributed by atoms with Gasteiger partial charge in [0.25, 0.3) is 5.91 Å². The minimum atomic E-state index is -1.35. The van der Waals surface area contributed by atoms with E-state index in [1.807, 2.05) is 0 Å². The van der Waals surface area contributed by atoms with Crippen molar-refractivity contribution in [3.8, 4) is 5.75 Å². The summed E-state index contributed by atoms with van der Waals surface area (Å²) in [5, 5.41) is 14.5. The van der Waals surface area contributed by atoms with Crippen LogP contribution >= 0.6 is 0 Å². The quantitative estimate of drug-likeness (QED) is 0.494. The van der Waals surface area contributed by atoms with Crippen LogP contribution in [0.2, 0.25) is 25.7 Å². The number of carbonyl (C=O) groups is 4. The van der Waals surface area contributed by atoms with Gasteiger partial charge in [-0.15, -0.1) is 0 Å². The average Bonchev–Trinajstić information content (AvgIpc) is 3.22. The van der Waals surface area contributed by atoms with Crippen molar-refractivity contribution in [1.82, 2.24) is 20.4 Å².